The third-order valence-electron chi connectivity index (χ3n) is 2.64. The molecule has 2 aromatic rings. The van der Waals surface area contributed by atoms with Crippen molar-refractivity contribution in [2.24, 2.45) is 5.84 Å². The van der Waals surface area contributed by atoms with E-state index in [2.05, 4.69) is 5.43 Å². The van der Waals surface area contributed by atoms with Crippen molar-refractivity contribution in [1.29, 1.82) is 0 Å². The van der Waals surface area contributed by atoms with Crippen LogP contribution in [0.5, 0.6) is 0 Å². The van der Waals surface area contributed by atoms with Gasteiger partial charge in [-0.1, -0.05) is 42.5 Å². The number of nitrogens with one attached hydrogen (secondary N) is 1. The number of hydrogen-bond acceptors (Lipinski definition) is 3. The number of hydrazine groups is 1. The van der Waals surface area contributed by atoms with Gasteiger partial charge in [-0.05, 0) is 17.2 Å². The van der Waals surface area contributed by atoms with Crippen molar-refractivity contribution in [2.75, 3.05) is 0 Å². The summed E-state index contributed by atoms with van der Waals surface area (Å²) in [4.78, 5) is 22.5. The minimum atomic E-state index is -0.419. The Balaban J connectivity index is 2.60. The van der Waals surface area contributed by atoms with Crippen molar-refractivity contribution in [3.05, 3.63) is 59.7 Å². The second-order valence-corrected chi connectivity index (χ2v) is 3.76. The highest BCUT2D eigenvalue weighted by Gasteiger charge is 2.12. The molecule has 0 spiro atoms. The number of amides is 1. The molecule has 0 radical (unpaired) electrons. The summed E-state index contributed by atoms with van der Waals surface area (Å²) in [6.07, 6.45) is 0.696. The van der Waals surface area contributed by atoms with E-state index >= 15 is 0 Å². The molecule has 0 aliphatic carbocycles. The number of nitrogen functional groups attached to an aromatic ring is 1. The fraction of sp³-hybridized carbons (Fsp3) is 0. The highest BCUT2D eigenvalue weighted by atomic mass is 16.2. The molecule has 0 aliphatic heterocycles. The first-order valence-electron chi connectivity index (χ1n) is 5.42. The Morgan fingerprint density at radius 1 is 1.11 bits per heavy atom. The minimum Gasteiger partial charge on any atom is -0.298 e. The van der Waals surface area contributed by atoms with Gasteiger partial charge >= 0.3 is 0 Å². The van der Waals surface area contributed by atoms with Gasteiger partial charge in [0.2, 0.25) is 0 Å². The molecule has 3 N–H and O–H groups in total. The van der Waals surface area contributed by atoms with Crippen molar-refractivity contribution in [3.63, 3.8) is 0 Å². The first kappa shape index (κ1) is 12.0. The van der Waals surface area contributed by atoms with Gasteiger partial charge < -0.3 is 0 Å². The normalized spacial score (nSPS) is 9.83. The highest BCUT2D eigenvalue weighted by Crippen LogP contribution is 2.24. The molecule has 0 saturated carbocycles. The molecule has 2 aromatic carbocycles. The molecule has 0 unspecified atom stereocenters. The maximum absolute atomic E-state index is 11.7. The van der Waals surface area contributed by atoms with E-state index < -0.39 is 5.91 Å². The molecular formula is C14H12N2O2. The van der Waals surface area contributed by atoms with Crippen LogP contribution in [0, 0.1) is 0 Å². The molecule has 4 nitrogen and oxygen atoms in total. The molecule has 90 valence electrons. The minimum absolute atomic E-state index is 0.383. The quantitative estimate of drug-likeness (QED) is 0.371. The summed E-state index contributed by atoms with van der Waals surface area (Å²) >= 11 is 0. The first-order valence-corrected chi connectivity index (χ1v) is 5.42. The summed E-state index contributed by atoms with van der Waals surface area (Å²) in [5.41, 5.74) is 4.55. The van der Waals surface area contributed by atoms with Gasteiger partial charge in [0, 0.05) is 11.1 Å². The van der Waals surface area contributed by atoms with Gasteiger partial charge in [-0.25, -0.2) is 5.84 Å². The van der Waals surface area contributed by atoms with Crippen LogP contribution in [0.2, 0.25) is 0 Å². The summed E-state index contributed by atoms with van der Waals surface area (Å²) < 4.78 is 0. The zero-order valence-electron chi connectivity index (χ0n) is 9.59. The number of carbonyl (C=O) groups excluding carboxylic acids is 2. The van der Waals surface area contributed by atoms with Gasteiger partial charge in [-0.3, -0.25) is 15.0 Å². The van der Waals surface area contributed by atoms with Crippen molar-refractivity contribution >= 4 is 12.2 Å². The van der Waals surface area contributed by atoms with Crippen molar-refractivity contribution in [3.8, 4) is 11.1 Å². The van der Waals surface area contributed by atoms with Crippen LogP contribution in [0.3, 0.4) is 0 Å². The van der Waals surface area contributed by atoms with Gasteiger partial charge in [0.05, 0.1) is 0 Å². The van der Waals surface area contributed by atoms with E-state index in [-0.39, 0.29) is 0 Å². The molecule has 1 amide bonds. The summed E-state index contributed by atoms with van der Waals surface area (Å²) in [6.45, 7) is 0. The van der Waals surface area contributed by atoms with E-state index in [1.165, 1.54) is 6.07 Å². The van der Waals surface area contributed by atoms with Crippen molar-refractivity contribution in [2.45, 2.75) is 0 Å². The molecule has 0 aromatic heterocycles. The van der Waals surface area contributed by atoms with Gasteiger partial charge in [0.15, 0.2) is 0 Å². The van der Waals surface area contributed by atoms with E-state index in [0.29, 0.717) is 17.4 Å². The second kappa shape index (κ2) is 5.25. The van der Waals surface area contributed by atoms with Crippen LogP contribution in [-0.4, -0.2) is 12.2 Å². The zero-order valence-corrected chi connectivity index (χ0v) is 9.59. The van der Waals surface area contributed by atoms with Gasteiger partial charge in [0.25, 0.3) is 5.91 Å². The number of nitrogens with two attached hydrogens (primary N) is 1. The van der Waals surface area contributed by atoms with Gasteiger partial charge in [-0.2, -0.15) is 0 Å². The lowest BCUT2D eigenvalue weighted by molar-refractivity contribution is 0.0954. The van der Waals surface area contributed by atoms with Crippen LogP contribution in [0.1, 0.15) is 20.7 Å². The molecule has 0 aliphatic rings. The van der Waals surface area contributed by atoms with Crippen LogP contribution in [0.15, 0.2) is 48.5 Å². The van der Waals surface area contributed by atoms with Gasteiger partial charge in [-0.15, -0.1) is 0 Å². The van der Waals surface area contributed by atoms with Crippen LogP contribution in [-0.2, 0) is 0 Å². The topological polar surface area (TPSA) is 72.2 Å². The molecule has 0 saturated heterocycles. The Morgan fingerprint density at radius 2 is 1.83 bits per heavy atom. The fourth-order valence-corrected chi connectivity index (χ4v) is 1.77. The van der Waals surface area contributed by atoms with E-state index in [9.17, 15) is 9.59 Å². The lowest BCUT2D eigenvalue weighted by Gasteiger charge is -2.09. The Kier molecular flexibility index (Phi) is 3.50. The first-order chi connectivity index (χ1) is 8.76. The van der Waals surface area contributed by atoms with Crippen molar-refractivity contribution < 1.29 is 9.59 Å². The third-order valence-corrected chi connectivity index (χ3v) is 2.64. The van der Waals surface area contributed by atoms with Crippen LogP contribution in [0.4, 0.5) is 0 Å². The Hall–Kier alpha value is -2.46. The van der Waals surface area contributed by atoms with E-state index in [0.717, 1.165) is 11.1 Å². The zero-order chi connectivity index (χ0) is 13.0. The molecule has 4 heteroatoms. The fourth-order valence-electron chi connectivity index (χ4n) is 1.77. The maximum Gasteiger partial charge on any atom is 0.265 e. The Labute approximate surface area is 104 Å². The molecule has 18 heavy (non-hydrogen) atoms. The summed E-state index contributed by atoms with van der Waals surface area (Å²) in [6, 6.07) is 14.4. The molecule has 2 rings (SSSR count). The largest absolute Gasteiger partial charge is 0.298 e. The summed E-state index contributed by atoms with van der Waals surface area (Å²) in [5.74, 6) is 4.74. The lowest BCUT2D eigenvalue weighted by atomic mass is 9.97. The highest BCUT2D eigenvalue weighted by molar-refractivity contribution is 6.01. The Morgan fingerprint density at radius 3 is 2.44 bits per heavy atom. The van der Waals surface area contributed by atoms with Crippen LogP contribution in [0.25, 0.3) is 11.1 Å². The van der Waals surface area contributed by atoms with E-state index in [1.807, 2.05) is 30.3 Å². The average Bonchev–Trinajstić information content (AvgIpc) is 2.46. The molecular weight excluding hydrogens is 228 g/mol. The Bertz CT molecular complexity index is 580. The molecule has 0 atom stereocenters. The smallest absolute Gasteiger partial charge is 0.265 e. The number of rotatable bonds is 3. The number of hydrogen-bond donors (Lipinski definition) is 2. The predicted molar refractivity (Wildman–Crippen MR) is 68.9 cm³/mol. The monoisotopic (exact) mass is 240 g/mol. The van der Waals surface area contributed by atoms with E-state index in [1.54, 1.807) is 12.1 Å². The number of benzene rings is 2. The third kappa shape index (κ3) is 2.28. The number of aldehydes is 1. The van der Waals surface area contributed by atoms with Crippen molar-refractivity contribution in [1.82, 2.24) is 5.43 Å². The summed E-state index contributed by atoms with van der Waals surface area (Å²) in [5, 5.41) is 0. The lowest BCUT2D eigenvalue weighted by Crippen LogP contribution is -2.30. The van der Waals surface area contributed by atoms with Gasteiger partial charge in [0.1, 0.15) is 6.29 Å². The standard InChI is InChI=1S/C14H12N2O2/c15-16-14(18)13-8-10(9-17)6-7-12(13)11-4-2-1-3-5-11/h1-9H,15H2,(H,16,18). The SMILES string of the molecule is NNC(=O)c1cc(C=O)ccc1-c1ccccc1. The predicted octanol–water partition coefficient (Wildman–Crippen LogP) is 1.77. The number of carbonyl (C=O) groups is 2. The summed E-state index contributed by atoms with van der Waals surface area (Å²) in [7, 11) is 0. The maximum atomic E-state index is 11.7. The van der Waals surface area contributed by atoms with E-state index in [4.69, 9.17) is 5.84 Å². The second-order valence-electron chi connectivity index (χ2n) is 3.76. The van der Waals surface area contributed by atoms with Crippen LogP contribution >= 0.6 is 0 Å². The molecule has 0 fully saturated rings. The average molecular weight is 240 g/mol. The molecule has 0 bridgehead atoms. The molecule has 0 heterocycles. The van der Waals surface area contributed by atoms with Crippen LogP contribution < -0.4 is 11.3 Å².